The molecule has 17 heavy (non-hydrogen) atoms. The van der Waals surface area contributed by atoms with Crippen molar-refractivity contribution in [2.75, 3.05) is 0 Å². The van der Waals surface area contributed by atoms with E-state index >= 15 is 0 Å². The molecule has 0 radical (unpaired) electrons. The molecule has 0 aliphatic rings. The van der Waals surface area contributed by atoms with Crippen LogP contribution in [0.3, 0.4) is 0 Å². The van der Waals surface area contributed by atoms with Crippen molar-refractivity contribution >= 4 is 5.78 Å². The van der Waals surface area contributed by atoms with Crippen molar-refractivity contribution in [2.45, 2.75) is 6.42 Å². The van der Waals surface area contributed by atoms with Gasteiger partial charge in [-0.1, -0.05) is 54.6 Å². The number of hydrogen-bond donors (Lipinski definition) is 0. The Morgan fingerprint density at radius 3 is 2.12 bits per heavy atom. The zero-order chi connectivity index (χ0) is 12.1. The fourth-order valence-electron chi connectivity index (χ4n) is 1.61. The average molecular weight is 224 g/mol. The minimum Gasteiger partial charge on any atom is -0.294 e. The Balaban J connectivity index is 2.26. The Morgan fingerprint density at radius 1 is 0.824 bits per heavy atom. The van der Waals surface area contributed by atoms with Gasteiger partial charge in [-0.3, -0.25) is 9.59 Å². The summed E-state index contributed by atoms with van der Waals surface area (Å²) in [6.45, 7) is 0. The predicted octanol–water partition coefficient (Wildman–Crippen LogP) is 2.47. The number of ketones is 1. The first-order chi connectivity index (χ1) is 8.27. The topological polar surface area (TPSA) is 34.1 Å². The fraction of sp³-hybridized carbons (Fsp3) is 0.0667. The molecule has 0 fully saturated rings. The molecule has 0 heterocycles. The Hall–Kier alpha value is -2.22. The maximum absolute atomic E-state index is 11.9. The second kappa shape index (κ2) is 5.21. The van der Waals surface area contributed by atoms with Crippen LogP contribution in [-0.4, -0.2) is 5.78 Å². The molecule has 2 nitrogen and oxygen atoms in total. The minimum atomic E-state index is -0.0979. The van der Waals surface area contributed by atoms with Crippen LogP contribution in [0.2, 0.25) is 0 Å². The summed E-state index contributed by atoms with van der Waals surface area (Å²) in [4.78, 5) is 23.6. The quantitative estimate of drug-likeness (QED) is 0.750. The van der Waals surface area contributed by atoms with Crippen LogP contribution in [0.15, 0.2) is 65.5 Å². The lowest BCUT2D eigenvalue weighted by atomic mass is 10.0. The van der Waals surface area contributed by atoms with Crippen molar-refractivity contribution in [3.63, 3.8) is 0 Å². The zero-order valence-corrected chi connectivity index (χ0v) is 9.30. The van der Waals surface area contributed by atoms with Gasteiger partial charge in [-0.05, 0) is 6.07 Å². The van der Waals surface area contributed by atoms with E-state index in [0.29, 0.717) is 11.1 Å². The summed E-state index contributed by atoms with van der Waals surface area (Å²) in [7, 11) is 0. The summed E-state index contributed by atoms with van der Waals surface area (Å²) in [6, 6.07) is 17.4. The lowest BCUT2D eigenvalue weighted by molar-refractivity contribution is 0.0993. The third kappa shape index (κ3) is 2.88. The number of rotatable bonds is 3. The van der Waals surface area contributed by atoms with Crippen molar-refractivity contribution < 1.29 is 4.79 Å². The molecule has 2 heteroatoms. The van der Waals surface area contributed by atoms with E-state index < -0.39 is 0 Å². The van der Waals surface area contributed by atoms with Crippen molar-refractivity contribution in [1.82, 2.24) is 0 Å². The lowest BCUT2D eigenvalue weighted by Gasteiger charge is -1.98. The van der Waals surface area contributed by atoms with Gasteiger partial charge in [0, 0.05) is 17.5 Å². The van der Waals surface area contributed by atoms with E-state index in [-0.39, 0.29) is 17.6 Å². The molecule has 2 aromatic rings. The van der Waals surface area contributed by atoms with Gasteiger partial charge in [-0.15, -0.1) is 0 Å². The maximum Gasteiger partial charge on any atom is 0.182 e. The third-order valence-corrected chi connectivity index (χ3v) is 2.53. The molecule has 84 valence electrons. The van der Waals surface area contributed by atoms with E-state index in [4.69, 9.17) is 0 Å². The van der Waals surface area contributed by atoms with Crippen molar-refractivity contribution in [2.24, 2.45) is 0 Å². The SMILES string of the molecule is O=C(Cc1cccccc1=O)c1ccccc1. The van der Waals surface area contributed by atoms with E-state index in [2.05, 4.69) is 0 Å². The largest absolute Gasteiger partial charge is 0.294 e. The summed E-state index contributed by atoms with van der Waals surface area (Å²) in [5, 5.41) is 0. The highest BCUT2D eigenvalue weighted by Gasteiger charge is 2.07. The van der Waals surface area contributed by atoms with Crippen LogP contribution in [-0.2, 0) is 6.42 Å². The highest BCUT2D eigenvalue weighted by atomic mass is 16.1. The normalized spacial score (nSPS) is 9.88. The van der Waals surface area contributed by atoms with Gasteiger partial charge < -0.3 is 0 Å². The molecule has 2 rings (SSSR count). The lowest BCUT2D eigenvalue weighted by Crippen LogP contribution is -2.11. The van der Waals surface area contributed by atoms with Gasteiger partial charge in [-0.25, -0.2) is 0 Å². The van der Waals surface area contributed by atoms with Crippen LogP contribution in [0, 0.1) is 0 Å². The average Bonchev–Trinajstić information content (AvgIpc) is 2.56. The van der Waals surface area contributed by atoms with Gasteiger partial charge >= 0.3 is 0 Å². The van der Waals surface area contributed by atoms with E-state index in [9.17, 15) is 9.59 Å². The van der Waals surface area contributed by atoms with Crippen LogP contribution in [0.1, 0.15) is 15.9 Å². The van der Waals surface area contributed by atoms with Crippen LogP contribution in [0.4, 0.5) is 0 Å². The maximum atomic E-state index is 11.9. The Bertz CT molecular complexity index is 574. The number of Topliss-reactive ketones (excluding diaryl/α,β-unsaturated/α-hetero) is 1. The van der Waals surface area contributed by atoms with E-state index in [1.807, 2.05) is 18.2 Å². The van der Waals surface area contributed by atoms with Crippen LogP contribution < -0.4 is 5.43 Å². The van der Waals surface area contributed by atoms with Gasteiger partial charge in [0.05, 0.1) is 0 Å². The predicted molar refractivity (Wildman–Crippen MR) is 67.2 cm³/mol. The fourth-order valence-corrected chi connectivity index (χ4v) is 1.61. The summed E-state index contributed by atoms with van der Waals surface area (Å²) in [5.74, 6) is -0.0334. The molecule has 0 unspecified atom stereocenters. The Labute approximate surface area is 99.6 Å². The molecular weight excluding hydrogens is 212 g/mol. The Morgan fingerprint density at radius 2 is 1.41 bits per heavy atom. The molecule has 0 atom stereocenters. The molecule has 0 spiro atoms. The minimum absolute atomic E-state index is 0.0334. The van der Waals surface area contributed by atoms with Crippen molar-refractivity contribution in [3.8, 4) is 0 Å². The standard InChI is InChI=1S/C15H12O2/c16-14-10-6-2-5-9-13(14)11-15(17)12-7-3-1-4-8-12/h1-10H,11H2. The van der Waals surface area contributed by atoms with E-state index in [1.54, 1.807) is 36.4 Å². The zero-order valence-electron chi connectivity index (χ0n) is 9.30. The molecule has 0 N–H and O–H groups in total. The van der Waals surface area contributed by atoms with E-state index in [1.165, 1.54) is 6.07 Å². The second-order valence-electron chi connectivity index (χ2n) is 3.77. The smallest absolute Gasteiger partial charge is 0.182 e. The summed E-state index contributed by atoms with van der Waals surface area (Å²) < 4.78 is 0. The molecule has 0 aliphatic heterocycles. The van der Waals surface area contributed by atoms with Crippen LogP contribution >= 0.6 is 0 Å². The molecule has 0 saturated carbocycles. The summed E-state index contributed by atoms with van der Waals surface area (Å²) in [6.07, 6.45) is 0.150. The van der Waals surface area contributed by atoms with Crippen LogP contribution in [0.5, 0.6) is 0 Å². The Kier molecular flexibility index (Phi) is 3.46. The highest BCUT2D eigenvalue weighted by molar-refractivity contribution is 5.97. The number of carbonyl (C=O) groups excluding carboxylic acids is 1. The van der Waals surface area contributed by atoms with Crippen LogP contribution in [0.25, 0.3) is 0 Å². The number of hydrogen-bond acceptors (Lipinski definition) is 2. The van der Waals surface area contributed by atoms with Gasteiger partial charge in [0.1, 0.15) is 0 Å². The molecule has 0 bridgehead atoms. The van der Waals surface area contributed by atoms with E-state index in [0.717, 1.165) is 0 Å². The van der Waals surface area contributed by atoms with Gasteiger partial charge in [0.25, 0.3) is 0 Å². The van der Waals surface area contributed by atoms with Crippen molar-refractivity contribution in [1.29, 1.82) is 0 Å². The molecule has 0 saturated heterocycles. The van der Waals surface area contributed by atoms with Crippen molar-refractivity contribution in [3.05, 3.63) is 82.0 Å². The first-order valence-corrected chi connectivity index (χ1v) is 5.44. The van der Waals surface area contributed by atoms with Gasteiger partial charge in [-0.2, -0.15) is 0 Å². The molecule has 0 amide bonds. The molecule has 0 aromatic heterocycles. The summed E-state index contributed by atoms with van der Waals surface area (Å²) >= 11 is 0. The van der Waals surface area contributed by atoms with Gasteiger partial charge in [0.15, 0.2) is 11.2 Å². The third-order valence-electron chi connectivity index (χ3n) is 2.53. The summed E-state index contributed by atoms with van der Waals surface area (Å²) in [5.41, 5.74) is 1.07. The second-order valence-corrected chi connectivity index (χ2v) is 3.77. The monoisotopic (exact) mass is 224 g/mol. The number of benzene rings is 1. The molecule has 2 aromatic carbocycles. The first-order valence-electron chi connectivity index (χ1n) is 5.44. The van der Waals surface area contributed by atoms with Gasteiger partial charge in [0.2, 0.25) is 0 Å². The number of carbonyl (C=O) groups is 1. The highest BCUT2D eigenvalue weighted by Crippen LogP contribution is 2.04. The molecule has 0 aliphatic carbocycles. The first kappa shape index (κ1) is 11.3. The molecular formula is C15H12O2.